The van der Waals surface area contributed by atoms with Gasteiger partial charge in [-0.1, -0.05) is 0 Å². The van der Waals surface area contributed by atoms with Crippen molar-refractivity contribution in [2.24, 2.45) is 11.7 Å². The number of carbonyl (C=O) groups excluding carboxylic acids is 2. The molecule has 0 radical (unpaired) electrons. The van der Waals surface area contributed by atoms with Crippen molar-refractivity contribution in [3.05, 3.63) is 16.6 Å². The second-order valence-corrected chi connectivity index (χ2v) is 4.82. The lowest BCUT2D eigenvalue weighted by Gasteiger charge is -2.22. The molecule has 2 atom stereocenters. The Hall–Kier alpha value is -1.43. The van der Waals surface area contributed by atoms with Gasteiger partial charge in [0.15, 0.2) is 0 Å². The lowest BCUT2D eigenvalue weighted by atomic mass is 10.1. The third kappa shape index (κ3) is 1.92. The van der Waals surface area contributed by atoms with E-state index in [1.165, 1.54) is 11.3 Å². The second kappa shape index (κ2) is 4.21. The third-order valence-electron chi connectivity index (χ3n) is 2.84. The summed E-state index contributed by atoms with van der Waals surface area (Å²) >= 11 is 1.51. The zero-order valence-corrected chi connectivity index (χ0v) is 9.74. The van der Waals surface area contributed by atoms with E-state index in [2.05, 4.69) is 4.98 Å². The number of likely N-dealkylation sites (tertiary alicyclic amines) is 1. The molecule has 86 valence electrons. The van der Waals surface area contributed by atoms with E-state index in [-0.39, 0.29) is 24.3 Å². The summed E-state index contributed by atoms with van der Waals surface area (Å²) in [6.07, 6.45) is 1.94. The molecule has 2 unspecified atom stereocenters. The van der Waals surface area contributed by atoms with E-state index in [4.69, 9.17) is 5.73 Å². The standard InChI is InChI=1S/C10H13N3O2S/c1-6(10-12-2-3-16-10)13-5-7(9(11)15)4-8(13)14/h2-3,6-7H,4-5H2,1H3,(H2,11,15). The molecule has 0 spiro atoms. The van der Waals surface area contributed by atoms with Crippen LogP contribution in [0.5, 0.6) is 0 Å². The number of amides is 2. The zero-order valence-electron chi connectivity index (χ0n) is 8.92. The highest BCUT2D eigenvalue weighted by molar-refractivity contribution is 7.09. The van der Waals surface area contributed by atoms with Crippen molar-refractivity contribution in [1.82, 2.24) is 9.88 Å². The molecule has 1 aromatic rings. The van der Waals surface area contributed by atoms with Crippen molar-refractivity contribution in [3.63, 3.8) is 0 Å². The van der Waals surface area contributed by atoms with Crippen LogP contribution in [0.25, 0.3) is 0 Å². The summed E-state index contributed by atoms with van der Waals surface area (Å²) in [4.78, 5) is 28.6. The van der Waals surface area contributed by atoms with E-state index in [0.717, 1.165) is 5.01 Å². The summed E-state index contributed by atoms with van der Waals surface area (Å²) in [6, 6.07) is -0.0724. The molecule has 2 amide bonds. The zero-order chi connectivity index (χ0) is 11.7. The van der Waals surface area contributed by atoms with Gasteiger partial charge in [-0.3, -0.25) is 9.59 Å². The first-order valence-electron chi connectivity index (χ1n) is 5.07. The quantitative estimate of drug-likeness (QED) is 0.836. The van der Waals surface area contributed by atoms with Gasteiger partial charge in [0.05, 0.1) is 12.0 Å². The van der Waals surface area contributed by atoms with Crippen molar-refractivity contribution in [3.8, 4) is 0 Å². The van der Waals surface area contributed by atoms with E-state index in [1.54, 1.807) is 11.1 Å². The predicted octanol–water partition coefficient (Wildman–Crippen LogP) is 0.538. The lowest BCUT2D eigenvalue weighted by Crippen LogP contribution is -2.30. The van der Waals surface area contributed by atoms with Crippen LogP contribution in [-0.2, 0) is 9.59 Å². The molecule has 6 heteroatoms. The largest absolute Gasteiger partial charge is 0.369 e. The van der Waals surface area contributed by atoms with Crippen molar-refractivity contribution in [2.45, 2.75) is 19.4 Å². The first-order chi connectivity index (χ1) is 7.59. The minimum atomic E-state index is -0.401. The van der Waals surface area contributed by atoms with Gasteiger partial charge in [0.1, 0.15) is 5.01 Å². The minimum absolute atomic E-state index is 0.0218. The Morgan fingerprint density at radius 2 is 2.50 bits per heavy atom. The molecule has 0 aromatic carbocycles. The van der Waals surface area contributed by atoms with Crippen LogP contribution in [0.4, 0.5) is 0 Å². The van der Waals surface area contributed by atoms with Crippen LogP contribution in [0.1, 0.15) is 24.4 Å². The average Bonchev–Trinajstić information content (AvgIpc) is 2.84. The molecule has 2 heterocycles. The highest BCUT2D eigenvalue weighted by atomic mass is 32.1. The molecule has 1 saturated heterocycles. The summed E-state index contributed by atoms with van der Waals surface area (Å²) in [7, 11) is 0. The molecule has 1 aromatic heterocycles. The fraction of sp³-hybridized carbons (Fsp3) is 0.500. The predicted molar refractivity (Wildman–Crippen MR) is 59.5 cm³/mol. The molecular weight excluding hydrogens is 226 g/mol. The summed E-state index contributed by atoms with van der Waals surface area (Å²) in [5, 5.41) is 2.76. The first-order valence-corrected chi connectivity index (χ1v) is 5.95. The number of aromatic nitrogens is 1. The number of hydrogen-bond acceptors (Lipinski definition) is 4. The molecule has 1 aliphatic rings. The Bertz CT molecular complexity index is 404. The molecule has 2 N–H and O–H groups in total. The van der Waals surface area contributed by atoms with Crippen molar-refractivity contribution >= 4 is 23.2 Å². The molecular formula is C10H13N3O2S. The lowest BCUT2D eigenvalue weighted by molar-refractivity contribution is -0.130. The fourth-order valence-corrected chi connectivity index (χ4v) is 2.58. The van der Waals surface area contributed by atoms with Crippen molar-refractivity contribution in [2.75, 3.05) is 6.54 Å². The normalized spacial score (nSPS) is 22.4. The maximum Gasteiger partial charge on any atom is 0.224 e. The number of primary amides is 1. The van der Waals surface area contributed by atoms with Gasteiger partial charge in [-0.25, -0.2) is 4.98 Å². The van der Waals surface area contributed by atoms with Gasteiger partial charge in [0, 0.05) is 24.5 Å². The number of carbonyl (C=O) groups is 2. The maximum absolute atomic E-state index is 11.7. The van der Waals surface area contributed by atoms with Crippen LogP contribution in [0, 0.1) is 5.92 Å². The monoisotopic (exact) mass is 239 g/mol. The van der Waals surface area contributed by atoms with Crippen LogP contribution >= 0.6 is 11.3 Å². The molecule has 1 aliphatic heterocycles. The third-order valence-corrected chi connectivity index (χ3v) is 3.78. The van der Waals surface area contributed by atoms with Gasteiger partial charge in [-0.05, 0) is 6.92 Å². The van der Waals surface area contributed by atoms with E-state index >= 15 is 0 Å². The fourth-order valence-electron chi connectivity index (χ4n) is 1.87. The molecule has 2 rings (SSSR count). The van der Waals surface area contributed by atoms with Gasteiger partial charge in [0.2, 0.25) is 11.8 Å². The Balaban J connectivity index is 2.11. The number of nitrogens with two attached hydrogens (primary N) is 1. The SMILES string of the molecule is CC(c1nccs1)N1CC(C(N)=O)CC1=O. The topological polar surface area (TPSA) is 76.3 Å². The summed E-state index contributed by atoms with van der Waals surface area (Å²) < 4.78 is 0. The van der Waals surface area contributed by atoms with Gasteiger partial charge >= 0.3 is 0 Å². The molecule has 0 saturated carbocycles. The molecule has 5 nitrogen and oxygen atoms in total. The average molecular weight is 239 g/mol. The number of hydrogen-bond donors (Lipinski definition) is 1. The van der Waals surface area contributed by atoms with Crippen LogP contribution in [-0.4, -0.2) is 28.2 Å². The van der Waals surface area contributed by atoms with Crippen LogP contribution in [0.2, 0.25) is 0 Å². The minimum Gasteiger partial charge on any atom is -0.369 e. The van der Waals surface area contributed by atoms with E-state index in [9.17, 15) is 9.59 Å². The Morgan fingerprint density at radius 3 is 3.00 bits per heavy atom. The summed E-state index contributed by atoms with van der Waals surface area (Å²) in [5.74, 6) is -0.774. The highest BCUT2D eigenvalue weighted by Crippen LogP contribution is 2.29. The van der Waals surface area contributed by atoms with Crippen LogP contribution in [0.15, 0.2) is 11.6 Å². The van der Waals surface area contributed by atoms with Crippen molar-refractivity contribution < 1.29 is 9.59 Å². The number of nitrogens with zero attached hydrogens (tertiary/aromatic N) is 2. The molecule has 0 bridgehead atoms. The molecule has 16 heavy (non-hydrogen) atoms. The van der Waals surface area contributed by atoms with Gasteiger partial charge < -0.3 is 10.6 Å². The van der Waals surface area contributed by atoms with E-state index in [1.807, 2.05) is 12.3 Å². The Labute approximate surface area is 97.3 Å². The van der Waals surface area contributed by atoms with Crippen molar-refractivity contribution in [1.29, 1.82) is 0 Å². The van der Waals surface area contributed by atoms with E-state index in [0.29, 0.717) is 6.54 Å². The maximum atomic E-state index is 11.7. The van der Waals surface area contributed by atoms with Crippen LogP contribution < -0.4 is 5.73 Å². The second-order valence-electron chi connectivity index (χ2n) is 3.90. The summed E-state index contributed by atoms with van der Waals surface area (Å²) in [5.41, 5.74) is 5.21. The van der Waals surface area contributed by atoms with E-state index < -0.39 is 5.91 Å². The highest BCUT2D eigenvalue weighted by Gasteiger charge is 2.36. The smallest absolute Gasteiger partial charge is 0.224 e. The first kappa shape index (κ1) is 11.1. The van der Waals surface area contributed by atoms with Gasteiger partial charge in [-0.15, -0.1) is 11.3 Å². The van der Waals surface area contributed by atoms with Crippen LogP contribution in [0.3, 0.4) is 0 Å². The number of thiazole rings is 1. The number of rotatable bonds is 3. The molecule has 1 fully saturated rings. The van der Waals surface area contributed by atoms with Gasteiger partial charge in [-0.2, -0.15) is 0 Å². The Kier molecular flexibility index (Phi) is 2.91. The summed E-state index contributed by atoms with van der Waals surface area (Å²) in [6.45, 7) is 2.33. The molecule has 0 aliphatic carbocycles. The van der Waals surface area contributed by atoms with Gasteiger partial charge in [0.25, 0.3) is 0 Å². The Morgan fingerprint density at radius 1 is 1.75 bits per heavy atom.